The zero-order chi connectivity index (χ0) is 23.1. The van der Waals surface area contributed by atoms with E-state index >= 15 is 0 Å². The maximum absolute atomic E-state index is 12.7. The molecule has 1 aromatic heterocycles. The summed E-state index contributed by atoms with van der Waals surface area (Å²) < 4.78 is 0.811. The Hall–Kier alpha value is -4.79. The standard InChI is InChI=1S/C24H16N4O5/c29-20(13-27-21(30)18-10-3-4-11-19(18)26-24(27)33)25-14-6-5-7-15(12-14)28-22(31)16-8-1-2-9-17(16)23(28)32/h1-12H,13H2,(H,25,29)(H,26,33). The Morgan fingerprint density at radius 2 is 1.48 bits per heavy atom. The van der Waals surface area contributed by atoms with Crippen LogP contribution in [0.1, 0.15) is 20.7 Å². The van der Waals surface area contributed by atoms with Gasteiger partial charge in [-0.05, 0) is 42.5 Å². The van der Waals surface area contributed by atoms with E-state index < -0.39 is 35.5 Å². The van der Waals surface area contributed by atoms with Crippen molar-refractivity contribution < 1.29 is 14.4 Å². The fourth-order valence-corrected chi connectivity index (χ4v) is 3.83. The summed E-state index contributed by atoms with van der Waals surface area (Å²) in [5.74, 6) is -1.51. The molecule has 0 saturated carbocycles. The lowest BCUT2D eigenvalue weighted by molar-refractivity contribution is -0.116. The number of fused-ring (bicyclic) bond motifs is 2. The lowest BCUT2D eigenvalue weighted by atomic mass is 10.1. The molecule has 0 aliphatic carbocycles. The molecule has 0 spiro atoms. The summed E-state index contributed by atoms with van der Waals surface area (Å²) in [6.45, 7) is -0.504. The molecule has 9 nitrogen and oxygen atoms in total. The van der Waals surface area contributed by atoms with E-state index in [1.807, 2.05) is 0 Å². The highest BCUT2D eigenvalue weighted by molar-refractivity contribution is 6.34. The average Bonchev–Trinajstić information content (AvgIpc) is 3.07. The summed E-state index contributed by atoms with van der Waals surface area (Å²) in [7, 11) is 0. The fourth-order valence-electron chi connectivity index (χ4n) is 3.83. The van der Waals surface area contributed by atoms with Crippen molar-refractivity contribution in [1.82, 2.24) is 9.55 Å². The predicted octanol–water partition coefficient (Wildman–Crippen LogP) is 2.13. The molecule has 0 unspecified atom stereocenters. The minimum atomic E-state index is -0.700. The monoisotopic (exact) mass is 440 g/mol. The normalized spacial score (nSPS) is 12.8. The maximum atomic E-state index is 12.7. The summed E-state index contributed by atoms with van der Waals surface area (Å²) >= 11 is 0. The highest BCUT2D eigenvalue weighted by atomic mass is 16.2. The average molecular weight is 440 g/mol. The molecular formula is C24H16N4O5. The van der Waals surface area contributed by atoms with Gasteiger partial charge in [0.2, 0.25) is 5.91 Å². The first-order chi connectivity index (χ1) is 15.9. The van der Waals surface area contributed by atoms with Crippen LogP contribution in [0.25, 0.3) is 10.9 Å². The zero-order valence-electron chi connectivity index (χ0n) is 17.1. The van der Waals surface area contributed by atoms with E-state index in [-0.39, 0.29) is 5.39 Å². The molecule has 1 aliphatic heterocycles. The number of nitrogens with zero attached hydrogens (tertiary/aromatic N) is 2. The minimum Gasteiger partial charge on any atom is -0.324 e. The molecule has 0 atom stereocenters. The summed E-state index contributed by atoms with van der Waals surface area (Å²) in [5, 5.41) is 2.90. The number of nitrogens with one attached hydrogen (secondary N) is 2. The summed E-state index contributed by atoms with van der Waals surface area (Å²) in [4.78, 5) is 66.5. The third kappa shape index (κ3) is 3.41. The van der Waals surface area contributed by atoms with E-state index in [1.54, 1.807) is 66.7 Å². The number of hydrogen-bond acceptors (Lipinski definition) is 5. The van der Waals surface area contributed by atoms with Crippen molar-refractivity contribution >= 4 is 40.0 Å². The number of H-pyrrole nitrogens is 1. The van der Waals surface area contributed by atoms with Crippen molar-refractivity contribution in [3.8, 4) is 0 Å². The zero-order valence-corrected chi connectivity index (χ0v) is 17.1. The largest absolute Gasteiger partial charge is 0.329 e. The third-order valence-electron chi connectivity index (χ3n) is 5.37. The quantitative estimate of drug-likeness (QED) is 0.471. The number of para-hydroxylation sites is 1. The lowest BCUT2D eigenvalue weighted by Gasteiger charge is -2.15. The van der Waals surface area contributed by atoms with Gasteiger partial charge in [-0.15, -0.1) is 0 Å². The first kappa shape index (κ1) is 20.1. The molecule has 1 aliphatic rings. The predicted molar refractivity (Wildman–Crippen MR) is 121 cm³/mol. The lowest BCUT2D eigenvalue weighted by Crippen LogP contribution is -2.38. The number of aromatic nitrogens is 2. The first-order valence-corrected chi connectivity index (χ1v) is 10.0. The van der Waals surface area contributed by atoms with Crippen LogP contribution in [0.5, 0.6) is 0 Å². The van der Waals surface area contributed by atoms with Crippen LogP contribution in [0.15, 0.2) is 82.4 Å². The van der Waals surface area contributed by atoms with Gasteiger partial charge in [-0.3, -0.25) is 23.7 Å². The second kappa shape index (κ2) is 7.72. The van der Waals surface area contributed by atoms with Gasteiger partial charge in [0.15, 0.2) is 0 Å². The highest BCUT2D eigenvalue weighted by Gasteiger charge is 2.36. The van der Waals surface area contributed by atoms with Gasteiger partial charge in [0.1, 0.15) is 6.54 Å². The number of carbonyl (C=O) groups is 3. The van der Waals surface area contributed by atoms with Crippen LogP contribution in [0, 0.1) is 0 Å². The summed E-state index contributed by atoms with van der Waals surface area (Å²) in [5.41, 5.74) is 0.327. The molecule has 3 aromatic carbocycles. The SMILES string of the molecule is O=C(Cn1c(=O)[nH]c2ccccc2c1=O)Nc1cccc(N2C(=O)c3ccccc3C2=O)c1. The molecule has 2 heterocycles. The van der Waals surface area contributed by atoms with Crippen molar-refractivity contribution in [2.24, 2.45) is 0 Å². The van der Waals surface area contributed by atoms with E-state index in [1.165, 1.54) is 6.07 Å². The second-order valence-electron chi connectivity index (χ2n) is 7.46. The molecule has 0 saturated heterocycles. The topological polar surface area (TPSA) is 121 Å². The number of rotatable bonds is 4. The van der Waals surface area contributed by atoms with Crippen molar-refractivity contribution in [2.45, 2.75) is 6.54 Å². The molecule has 2 N–H and O–H groups in total. The van der Waals surface area contributed by atoms with E-state index in [0.717, 1.165) is 9.47 Å². The molecule has 4 aromatic rings. The molecule has 0 bridgehead atoms. The maximum Gasteiger partial charge on any atom is 0.329 e. The van der Waals surface area contributed by atoms with Gasteiger partial charge in [-0.1, -0.05) is 30.3 Å². The van der Waals surface area contributed by atoms with Gasteiger partial charge in [-0.2, -0.15) is 0 Å². The molecule has 0 fully saturated rings. The smallest absolute Gasteiger partial charge is 0.324 e. The van der Waals surface area contributed by atoms with Crippen molar-refractivity contribution in [1.29, 1.82) is 0 Å². The van der Waals surface area contributed by atoms with Crippen molar-refractivity contribution in [2.75, 3.05) is 10.2 Å². The fraction of sp³-hybridized carbons (Fsp3) is 0.0417. The molecule has 5 rings (SSSR count). The number of carbonyl (C=O) groups excluding carboxylic acids is 3. The van der Waals surface area contributed by atoms with Crippen LogP contribution in [-0.4, -0.2) is 27.3 Å². The van der Waals surface area contributed by atoms with Crippen LogP contribution in [0.2, 0.25) is 0 Å². The molecular weight excluding hydrogens is 424 g/mol. The number of benzene rings is 3. The van der Waals surface area contributed by atoms with Gasteiger partial charge in [0, 0.05) is 5.69 Å². The van der Waals surface area contributed by atoms with Crippen molar-refractivity contribution in [3.63, 3.8) is 0 Å². The Balaban J connectivity index is 1.39. The number of imide groups is 1. The van der Waals surface area contributed by atoms with E-state index in [4.69, 9.17) is 0 Å². The van der Waals surface area contributed by atoms with Crippen LogP contribution in [0.4, 0.5) is 11.4 Å². The molecule has 9 heteroatoms. The van der Waals surface area contributed by atoms with E-state index in [2.05, 4.69) is 10.3 Å². The number of anilines is 2. The van der Waals surface area contributed by atoms with Crippen LogP contribution < -0.4 is 21.5 Å². The Bertz CT molecular complexity index is 1550. The molecule has 162 valence electrons. The Morgan fingerprint density at radius 1 is 0.818 bits per heavy atom. The third-order valence-corrected chi connectivity index (χ3v) is 5.37. The van der Waals surface area contributed by atoms with Gasteiger partial charge < -0.3 is 10.3 Å². The van der Waals surface area contributed by atoms with Crippen LogP contribution >= 0.6 is 0 Å². The van der Waals surface area contributed by atoms with E-state index in [0.29, 0.717) is 28.0 Å². The Morgan fingerprint density at radius 3 is 2.21 bits per heavy atom. The van der Waals surface area contributed by atoms with Gasteiger partial charge in [0.05, 0.1) is 27.7 Å². The summed E-state index contributed by atoms with van der Waals surface area (Å²) in [6, 6.07) is 19.3. The number of hydrogen-bond donors (Lipinski definition) is 2. The first-order valence-electron chi connectivity index (χ1n) is 10.0. The number of aromatic amines is 1. The Labute approximate surface area is 185 Å². The van der Waals surface area contributed by atoms with Gasteiger partial charge in [0.25, 0.3) is 17.4 Å². The number of amides is 3. The summed E-state index contributed by atoms with van der Waals surface area (Å²) in [6.07, 6.45) is 0. The van der Waals surface area contributed by atoms with Gasteiger partial charge in [-0.25, -0.2) is 9.69 Å². The molecule has 33 heavy (non-hydrogen) atoms. The van der Waals surface area contributed by atoms with Gasteiger partial charge >= 0.3 is 5.69 Å². The second-order valence-corrected chi connectivity index (χ2v) is 7.46. The van der Waals surface area contributed by atoms with Crippen LogP contribution in [0.3, 0.4) is 0 Å². The van der Waals surface area contributed by atoms with E-state index in [9.17, 15) is 24.0 Å². The molecule has 0 radical (unpaired) electrons. The Kier molecular flexibility index (Phi) is 4.71. The van der Waals surface area contributed by atoms with Crippen LogP contribution in [-0.2, 0) is 11.3 Å². The minimum absolute atomic E-state index is 0.289. The highest BCUT2D eigenvalue weighted by Crippen LogP contribution is 2.29. The van der Waals surface area contributed by atoms with Crippen molar-refractivity contribution in [3.05, 3.63) is 105 Å². The molecule has 3 amide bonds.